The second-order valence-corrected chi connectivity index (χ2v) is 7.70. The molecule has 0 spiro atoms. The summed E-state index contributed by atoms with van der Waals surface area (Å²) < 4.78 is 33.2. The van der Waals surface area contributed by atoms with Crippen LogP contribution in [0.5, 0.6) is 0 Å². The zero-order valence-corrected chi connectivity index (χ0v) is 14.0. The molecule has 0 amide bonds. The van der Waals surface area contributed by atoms with Crippen LogP contribution in [-0.2, 0) is 14.8 Å². The lowest BCUT2D eigenvalue weighted by molar-refractivity contribution is -0.00278. The van der Waals surface area contributed by atoms with Crippen molar-refractivity contribution in [1.82, 2.24) is 4.31 Å². The number of nitrogen functional groups attached to an aromatic ring is 1. The zero-order chi connectivity index (χ0) is 14.9. The molecule has 20 heavy (non-hydrogen) atoms. The molecule has 0 saturated carbocycles. The van der Waals surface area contributed by atoms with Crippen LogP contribution >= 0.6 is 15.9 Å². The molecule has 2 rings (SSSR count). The molecule has 1 aliphatic heterocycles. The second-order valence-electron chi connectivity index (χ2n) is 4.88. The molecule has 1 aliphatic rings. The molecular formula is C13H19BrN2O3S. The molecule has 2 N–H and O–H groups in total. The van der Waals surface area contributed by atoms with Gasteiger partial charge in [-0.05, 0) is 31.0 Å². The quantitative estimate of drug-likeness (QED) is 0.836. The predicted molar refractivity (Wildman–Crippen MR) is 82.1 cm³/mol. The monoisotopic (exact) mass is 362 g/mol. The van der Waals surface area contributed by atoms with Crippen LogP contribution < -0.4 is 5.73 Å². The van der Waals surface area contributed by atoms with Gasteiger partial charge in [0.1, 0.15) is 0 Å². The Balaban J connectivity index is 2.40. The van der Waals surface area contributed by atoms with Gasteiger partial charge in [-0.15, -0.1) is 0 Å². The van der Waals surface area contributed by atoms with Gasteiger partial charge in [0.15, 0.2) is 0 Å². The van der Waals surface area contributed by atoms with E-state index in [0.717, 1.165) is 6.42 Å². The third-order valence-corrected chi connectivity index (χ3v) is 5.99. The number of morpholine rings is 1. The Bertz CT molecular complexity index is 604. The standard InChI is InChI=1S/C13H19BrN2O3S/c1-3-11-8-16(4-5-19-11)20(17,18)13-7-10(14)6-12(15)9(13)2/h6-7,11H,3-5,8,15H2,1-2H3. The van der Waals surface area contributed by atoms with E-state index in [0.29, 0.717) is 35.4 Å². The molecule has 0 aromatic heterocycles. The summed E-state index contributed by atoms with van der Waals surface area (Å²) in [6, 6.07) is 3.32. The minimum absolute atomic E-state index is 0.0386. The van der Waals surface area contributed by atoms with E-state index in [9.17, 15) is 8.42 Å². The fraction of sp³-hybridized carbons (Fsp3) is 0.538. The van der Waals surface area contributed by atoms with Crippen molar-refractivity contribution >= 4 is 31.6 Å². The van der Waals surface area contributed by atoms with Crippen LogP contribution in [-0.4, -0.2) is 38.5 Å². The largest absolute Gasteiger partial charge is 0.398 e. The summed E-state index contributed by atoms with van der Waals surface area (Å²) >= 11 is 3.30. The van der Waals surface area contributed by atoms with E-state index in [-0.39, 0.29) is 11.0 Å². The fourth-order valence-corrected chi connectivity index (χ4v) is 4.60. The molecule has 5 nitrogen and oxygen atoms in total. The Morgan fingerprint density at radius 2 is 2.20 bits per heavy atom. The lowest BCUT2D eigenvalue weighted by atomic mass is 10.2. The number of nitrogens with two attached hydrogens (primary N) is 1. The first kappa shape index (κ1) is 15.8. The summed E-state index contributed by atoms with van der Waals surface area (Å²) in [4.78, 5) is 0.265. The van der Waals surface area contributed by atoms with Crippen LogP contribution in [0.25, 0.3) is 0 Å². The maximum absolute atomic E-state index is 12.8. The van der Waals surface area contributed by atoms with Crippen molar-refractivity contribution in [2.75, 3.05) is 25.4 Å². The zero-order valence-electron chi connectivity index (χ0n) is 11.6. The van der Waals surface area contributed by atoms with Crippen LogP contribution in [0.15, 0.2) is 21.5 Å². The summed E-state index contributed by atoms with van der Waals surface area (Å²) in [7, 11) is -3.54. The number of halogens is 1. The summed E-state index contributed by atoms with van der Waals surface area (Å²) in [5.41, 5.74) is 6.92. The average molecular weight is 363 g/mol. The van der Waals surface area contributed by atoms with Crippen molar-refractivity contribution in [2.24, 2.45) is 0 Å². The van der Waals surface area contributed by atoms with Gasteiger partial charge in [-0.1, -0.05) is 22.9 Å². The van der Waals surface area contributed by atoms with Crippen molar-refractivity contribution in [2.45, 2.75) is 31.3 Å². The predicted octanol–water partition coefficient (Wildman–Crippen LogP) is 2.14. The molecule has 1 aromatic carbocycles. The minimum atomic E-state index is -3.54. The van der Waals surface area contributed by atoms with Gasteiger partial charge in [0.25, 0.3) is 0 Å². The number of nitrogens with zero attached hydrogens (tertiary/aromatic N) is 1. The van der Waals surface area contributed by atoms with Crippen molar-refractivity contribution in [1.29, 1.82) is 0 Å². The smallest absolute Gasteiger partial charge is 0.243 e. The Hall–Kier alpha value is -0.630. The highest BCUT2D eigenvalue weighted by atomic mass is 79.9. The summed E-state index contributed by atoms with van der Waals surface area (Å²) in [5.74, 6) is 0. The number of benzene rings is 1. The highest BCUT2D eigenvalue weighted by Crippen LogP contribution is 2.29. The second kappa shape index (κ2) is 6.01. The van der Waals surface area contributed by atoms with Crippen LogP contribution in [0.4, 0.5) is 5.69 Å². The maximum atomic E-state index is 12.8. The molecular weight excluding hydrogens is 344 g/mol. The minimum Gasteiger partial charge on any atom is -0.398 e. The highest BCUT2D eigenvalue weighted by Gasteiger charge is 2.31. The number of anilines is 1. The average Bonchev–Trinajstić information content (AvgIpc) is 2.42. The van der Waals surface area contributed by atoms with Gasteiger partial charge < -0.3 is 10.5 Å². The number of hydrogen-bond donors (Lipinski definition) is 1. The molecule has 7 heteroatoms. The van der Waals surface area contributed by atoms with Crippen LogP contribution in [0.3, 0.4) is 0 Å². The van der Waals surface area contributed by atoms with E-state index in [1.165, 1.54) is 4.31 Å². The summed E-state index contributed by atoms with van der Waals surface area (Å²) in [6.45, 7) is 4.92. The third-order valence-electron chi connectivity index (χ3n) is 3.54. The Labute approximate surface area is 128 Å². The molecule has 1 fully saturated rings. The van der Waals surface area contributed by atoms with Gasteiger partial charge in [-0.2, -0.15) is 4.31 Å². The van der Waals surface area contributed by atoms with Gasteiger partial charge in [-0.3, -0.25) is 0 Å². The summed E-state index contributed by atoms with van der Waals surface area (Å²) in [6.07, 6.45) is 0.759. The van der Waals surface area contributed by atoms with E-state index in [2.05, 4.69) is 15.9 Å². The molecule has 0 aliphatic carbocycles. The van der Waals surface area contributed by atoms with Crippen molar-refractivity contribution < 1.29 is 13.2 Å². The van der Waals surface area contributed by atoms with E-state index >= 15 is 0 Å². The Morgan fingerprint density at radius 3 is 2.85 bits per heavy atom. The molecule has 0 bridgehead atoms. The molecule has 1 saturated heterocycles. The molecule has 1 heterocycles. The van der Waals surface area contributed by atoms with Crippen LogP contribution in [0, 0.1) is 6.92 Å². The Morgan fingerprint density at radius 1 is 1.50 bits per heavy atom. The third kappa shape index (κ3) is 3.00. The van der Waals surface area contributed by atoms with Gasteiger partial charge in [-0.25, -0.2) is 8.42 Å². The molecule has 0 radical (unpaired) electrons. The van der Waals surface area contributed by atoms with Gasteiger partial charge in [0, 0.05) is 23.2 Å². The number of ether oxygens (including phenoxy) is 1. The summed E-state index contributed by atoms with van der Waals surface area (Å²) in [5, 5.41) is 0. The lowest BCUT2D eigenvalue weighted by Crippen LogP contribution is -2.45. The molecule has 112 valence electrons. The van der Waals surface area contributed by atoms with E-state index < -0.39 is 10.0 Å². The first-order chi connectivity index (χ1) is 9.36. The van der Waals surface area contributed by atoms with Crippen molar-refractivity contribution in [3.63, 3.8) is 0 Å². The molecule has 1 atom stereocenters. The van der Waals surface area contributed by atoms with E-state index in [4.69, 9.17) is 10.5 Å². The Kier molecular flexibility index (Phi) is 4.73. The van der Waals surface area contributed by atoms with E-state index in [1.54, 1.807) is 19.1 Å². The topological polar surface area (TPSA) is 72.6 Å². The first-order valence-corrected chi connectivity index (χ1v) is 8.77. The normalized spacial score (nSPS) is 21.1. The van der Waals surface area contributed by atoms with Crippen LogP contribution in [0.1, 0.15) is 18.9 Å². The van der Waals surface area contributed by atoms with Gasteiger partial charge in [0.05, 0.1) is 17.6 Å². The van der Waals surface area contributed by atoms with Gasteiger partial charge >= 0.3 is 0 Å². The maximum Gasteiger partial charge on any atom is 0.243 e. The highest BCUT2D eigenvalue weighted by molar-refractivity contribution is 9.10. The molecule has 1 aromatic rings. The SMILES string of the molecule is CCC1CN(S(=O)(=O)c2cc(Br)cc(N)c2C)CCO1. The van der Waals surface area contributed by atoms with Crippen molar-refractivity contribution in [3.05, 3.63) is 22.2 Å². The first-order valence-electron chi connectivity index (χ1n) is 6.53. The van der Waals surface area contributed by atoms with Crippen LogP contribution in [0.2, 0.25) is 0 Å². The number of hydrogen-bond acceptors (Lipinski definition) is 4. The van der Waals surface area contributed by atoms with Crippen molar-refractivity contribution in [3.8, 4) is 0 Å². The number of sulfonamides is 1. The van der Waals surface area contributed by atoms with Gasteiger partial charge in [0.2, 0.25) is 10.0 Å². The fourth-order valence-electron chi connectivity index (χ4n) is 2.24. The number of rotatable bonds is 3. The molecule has 1 unspecified atom stereocenters. The lowest BCUT2D eigenvalue weighted by Gasteiger charge is -2.32. The van der Waals surface area contributed by atoms with E-state index in [1.807, 2.05) is 6.92 Å².